The van der Waals surface area contributed by atoms with Crippen LogP contribution in [0.4, 0.5) is 20.2 Å². The number of anilines is 2. The number of carbonyl (C=O) groups is 2. The summed E-state index contributed by atoms with van der Waals surface area (Å²) < 4.78 is 33.8. The summed E-state index contributed by atoms with van der Waals surface area (Å²) >= 11 is 6.32. The van der Waals surface area contributed by atoms with Gasteiger partial charge in [0.15, 0.2) is 22.6 Å². The summed E-state index contributed by atoms with van der Waals surface area (Å²) in [4.78, 5) is 55.5. The molecule has 3 aliphatic heterocycles. The number of fused-ring (bicyclic) bond motifs is 4. The number of aryl methyl sites for hydroxylation is 1. The number of hydrogen-bond donors (Lipinski definition) is 2. The third-order valence-corrected chi connectivity index (χ3v) is 10.8. The molecule has 1 saturated heterocycles. The molecule has 14 nitrogen and oxygen atoms in total. The Kier molecular flexibility index (Phi) is 8.25. The lowest BCUT2D eigenvalue weighted by atomic mass is 9.81. The second-order valence-corrected chi connectivity index (χ2v) is 13.8. The van der Waals surface area contributed by atoms with Gasteiger partial charge >= 0.3 is 0 Å². The average molecular weight is 722 g/mol. The number of carbonyl (C=O) groups excluding carboxylic acids is 2. The maximum atomic E-state index is 14.6. The van der Waals surface area contributed by atoms with Crippen molar-refractivity contribution < 1.29 is 28.2 Å². The summed E-state index contributed by atoms with van der Waals surface area (Å²) in [6.45, 7) is 4.98. The van der Waals surface area contributed by atoms with Crippen LogP contribution in [0.25, 0.3) is 16.9 Å². The quantitative estimate of drug-likeness (QED) is 0.292. The van der Waals surface area contributed by atoms with Gasteiger partial charge in [0.05, 0.1) is 47.1 Å². The number of nitrogens with one attached hydrogen (secondary N) is 1. The van der Waals surface area contributed by atoms with Crippen LogP contribution in [0.2, 0.25) is 5.02 Å². The van der Waals surface area contributed by atoms with Crippen LogP contribution >= 0.6 is 11.6 Å². The van der Waals surface area contributed by atoms with Crippen molar-refractivity contribution in [1.82, 2.24) is 34.4 Å². The Balaban J connectivity index is 1.20. The number of hydrogen-bond acceptors (Lipinski definition) is 10. The summed E-state index contributed by atoms with van der Waals surface area (Å²) in [5.41, 5.74) is 2.02. The molecule has 0 radical (unpaired) electrons. The zero-order valence-corrected chi connectivity index (χ0v) is 28.5. The molecule has 6 heterocycles. The number of nitrogens with zero attached hydrogens (tertiary/aromatic N) is 8. The third-order valence-electron chi connectivity index (χ3n) is 10.5. The number of halogens is 3. The molecule has 4 atom stereocenters. The normalized spacial score (nSPS) is 22.8. The highest BCUT2D eigenvalue weighted by atomic mass is 35.5. The second kappa shape index (κ2) is 12.7. The van der Waals surface area contributed by atoms with E-state index in [0.29, 0.717) is 62.5 Å². The first-order valence-corrected chi connectivity index (χ1v) is 17.2. The van der Waals surface area contributed by atoms with Gasteiger partial charge in [-0.1, -0.05) is 24.6 Å². The molecule has 266 valence electrons. The minimum Gasteiger partial charge on any atom is -0.504 e. The summed E-state index contributed by atoms with van der Waals surface area (Å²) in [5.74, 6) is -1.37. The highest BCUT2D eigenvalue weighted by Crippen LogP contribution is 2.46. The number of aromatic hydroxyl groups is 1. The van der Waals surface area contributed by atoms with Crippen molar-refractivity contribution in [3.8, 4) is 5.75 Å². The van der Waals surface area contributed by atoms with Gasteiger partial charge in [0.2, 0.25) is 11.3 Å². The van der Waals surface area contributed by atoms with Crippen molar-refractivity contribution in [3.63, 3.8) is 0 Å². The van der Waals surface area contributed by atoms with Gasteiger partial charge in [-0.3, -0.25) is 14.4 Å². The minimum absolute atomic E-state index is 0.0237. The molecular formula is C34H34ClF2N9O5. The van der Waals surface area contributed by atoms with E-state index in [1.54, 1.807) is 16.4 Å². The van der Waals surface area contributed by atoms with Crippen molar-refractivity contribution in [2.75, 3.05) is 36.5 Å². The van der Waals surface area contributed by atoms with Crippen molar-refractivity contribution in [2.24, 2.45) is 0 Å². The molecule has 2 N–H and O–H groups in total. The number of aromatic nitrogens is 6. The van der Waals surface area contributed by atoms with E-state index < -0.39 is 24.3 Å². The lowest BCUT2D eigenvalue weighted by Crippen LogP contribution is -2.67. The van der Waals surface area contributed by atoms with E-state index >= 15 is 0 Å². The first kappa shape index (κ1) is 33.2. The predicted molar refractivity (Wildman–Crippen MR) is 182 cm³/mol. The number of amides is 2. The Bertz CT molecular complexity index is 2190. The SMILES string of the molecule is Cc1ncnc(C(=O)N2CCN(c3c4n(c5nn(C6=CCOCC6)nc5c3=O)[C@@H](C(=O)Nc3ccc(C(F)F)cc3Cl)C[C@H]4C)[C@H]3CC[C@@H]32)c1O. The maximum Gasteiger partial charge on any atom is 0.276 e. The second-order valence-electron chi connectivity index (χ2n) is 13.4. The van der Waals surface area contributed by atoms with Gasteiger partial charge in [-0.2, -0.15) is 4.80 Å². The summed E-state index contributed by atoms with van der Waals surface area (Å²) in [6.07, 6.45) is 2.65. The van der Waals surface area contributed by atoms with Gasteiger partial charge in [-0.25, -0.2) is 18.7 Å². The number of piperazine rings is 1. The van der Waals surface area contributed by atoms with Gasteiger partial charge in [0.25, 0.3) is 12.3 Å². The van der Waals surface area contributed by atoms with Crippen LogP contribution < -0.4 is 15.6 Å². The highest BCUT2D eigenvalue weighted by molar-refractivity contribution is 6.33. The van der Waals surface area contributed by atoms with Crippen LogP contribution in [0.15, 0.2) is 35.4 Å². The standard InChI is InChI=1S/C34H34ClF2N9O5/c1-16-13-24(33(49)40-21-4-3-18(31(36)37)14-20(21)35)45-27(16)28(30(48)25-32(45)42-46(41-25)19-7-11-51-12-8-19)43-9-10-44(23-6-5-22(23)43)34(50)26-29(47)17(2)38-15-39-26/h3-4,7,14-16,22-24,31,47H,5-6,8-13H2,1-2H3,(H,40,49)/t16-,22+,23+,24-/m1/s1. The minimum atomic E-state index is -2.72. The van der Waals surface area contributed by atoms with E-state index in [0.717, 1.165) is 11.8 Å². The molecule has 0 unspecified atom stereocenters. The molecule has 17 heteroatoms. The molecular weight excluding hydrogens is 688 g/mol. The summed E-state index contributed by atoms with van der Waals surface area (Å²) in [6, 6.07) is 2.41. The molecule has 4 aromatic rings. The zero-order chi connectivity index (χ0) is 35.7. The summed E-state index contributed by atoms with van der Waals surface area (Å²) in [7, 11) is 0. The lowest BCUT2D eigenvalue weighted by molar-refractivity contribution is -0.119. The molecule has 1 aliphatic carbocycles. The Morgan fingerprint density at radius 1 is 1.14 bits per heavy atom. The van der Waals surface area contributed by atoms with Crippen LogP contribution in [-0.4, -0.2) is 89.7 Å². The molecule has 4 aliphatic rings. The van der Waals surface area contributed by atoms with Gasteiger partial charge < -0.3 is 29.5 Å². The van der Waals surface area contributed by atoms with Crippen molar-refractivity contribution in [2.45, 2.75) is 70.0 Å². The fourth-order valence-electron chi connectivity index (χ4n) is 7.74. The smallest absolute Gasteiger partial charge is 0.276 e. The number of benzene rings is 1. The Morgan fingerprint density at radius 2 is 1.94 bits per heavy atom. The van der Waals surface area contributed by atoms with Crippen LogP contribution in [0.1, 0.15) is 78.4 Å². The highest BCUT2D eigenvalue weighted by Gasteiger charge is 2.49. The van der Waals surface area contributed by atoms with E-state index in [-0.39, 0.29) is 68.9 Å². The topological polar surface area (TPSA) is 161 Å². The summed E-state index contributed by atoms with van der Waals surface area (Å²) in [5, 5.41) is 22.8. The molecule has 0 bridgehead atoms. The van der Waals surface area contributed by atoms with Crippen LogP contribution in [-0.2, 0) is 9.53 Å². The van der Waals surface area contributed by atoms with Crippen molar-refractivity contribution in [1.29, 1.82) is 0 Å². The van der Waals surface area contributed by atoms with Gasteiger partial charge in [0.1, 0.15) is 18.1 Å². The molecule has 2 fully saturated rings. The number of rotatable bonds is 6. The third kappa shape index (κ3) is 5.42. The number of alkyl halides is 2. The van der Waals surface area contributed by atoms with E-state index in [2.05, 4.69) is 20.4 Å². The van der Waals surface area contributed by atoms with Crippen molar-refractivity contribution in [3.05, 3.63) is 68.5 Å². The zero-order valence-electron chi connectivity index (χ0n) is 27.7. The number of ether oxygens (including phenoxy) is 1. The molecule has 3 aromatic heterocycles. The average Bonchev–Trinajstić information content (AvgIpc) is 3.70. The van der Waals surface area contributed by atoms with Gasteiger partial charge in [-0.05, 0) is 44.4 Å². The van der Waals surface area contributed by atoms with Crippen LogP contribution in [0.5, 0.6) is 5.75 Å². The molecule has 1 aromatic carbocycles. The molecule has 51 heavy (non-hydrogen) atoms. The van der Waals surface area contributed by atoms with E-state index in [1.165, 1.54) is 23.3 Å². The number of pyridine rings is 1. The predicted octanol–water partition coefficient (Wildman–Crippen LogP) is 4.43. The lowest BCUT2D eigenvalue weighted by Gasteiger charge is -2.54. The van der Waals surface area contributed by atoms with Crippen LogP contribution in [0, 0.1) is 6.92 Å². The first-order chi connectivity index (χ1) is 24.5. The Hall–Kier alpha value is -4.96. The van der Waals surface area contributed by atoms with E-state index in [1.807, 2.05) is 17.9 Å². The molecule has 2 amide bonds. The monoisotopic (exact) mass is 721 g/mol. The van der Waals surface area contributed by atoms with Crippen LogP contribution in [0.3, 0.4) is 0 Å². The largest absolute Gasteiger partial charge is 0.504 e. The van der Waals surface area contributed by atoms with Gasteiger partial charge in [0, 0.05) is 37.0 Å². The van der Waals surface area contributed by atoms with Crippen molar-refractivity contribution >= 4 is 51.7 Å². The Morgan fingerprint density at radius 3 is 2.65 bits per heavy atom. The first-order valence-electron chi connectivity index (χ1n) is 16.8. The molecule has 8 rings (SSSR count). The van der Waals surface area contributed by atoms with Gasteiger partial charge in [-0.15, -0.1) is 10.2 Å². The Labute approximate surface area is 294 Å². The fourth-order valence-corrected chi connectivity index (χ4v) is 7.98. The molecule has 0 spiro atoms. The van der Waals surface area contributed by atoms with E-state index in [4.69, 9.17) is 21.4 Å². The fraction of sp³-hybridized carbons (Fsp3) is 0.441. The van der Waals surface area contributed by atoms with E-state index in [9.17, 15) is 28.3 Å². The molecule has 1 saturated carbocycles. The maximum absolute atomic E-state index is 14.6.